The second-order valence-electron chi connectivity index (χ2n) is 16.0. The molecule has 0 aromatic heterocycles. The number of carbonyl (C=O) groups is 2. The number of fused-ring (bicyclic) bond motifs is 2. The molecule has 4 aliphatic rings. The number of nitrogens with one attached hydrogen (secondary N) is 2. The number of hydrogen-bond acceptors (Lipinski definition) is 12. The number of methoxy groups -OCH3 is 2. The maximum Gasteiger partial charge on any atom is 0.413 e. The van der Waals surface area contributed by atoms with Crippen LogP contribution in [0.3, 0.4) is 0 Å². The molecule has 0 unspecified atom stereocenters. The van der Waals surface area contributed by atoms with E-state index in [1.807, 2.05) is 0 Å². The molecule has 2 amide bonds. The van der Waals surface area contributed by atoms with Crippen molar-refractivity contribution < 1.29 is 37.3 Å². The van der Waals surface area contributed by atoms with Crippen molar-refractivity contribution in [3.05, 3.63) is 59.2 Å². The van der Waals surface area contributed by atoms with Gasteiger partial charge in [0.1, 0.15) is 22.8 Å². The molecule has 6 N–H and O–H groups in total. The van der Waals surface area contributed by atoms with E-state index in [1.165, 1.54) is 47.8 Å². The summed E-state index contributed by atoms with van der Waals surface area (Å²) in [5.41, 5.74) is 10.9. The molecule has 2 aliphatic carbocycles. The Bertz CT molecular complexity index is 1660. The van der Waals surface area contributed by atoms with Gasteiger partial charge in [-0.05, 0) is 90.8 Å². The highest BCUT2D eigenvalue weighted by molar-refractivity contribution is 8.14. The minimum absolute atomic E-state index is 0.0268. The fraction of sp³-hybridized carbons (Fsp3) is 0.579. The molecular weight excluding hydrogens is 739 g/mol. The summed E-state index contributed by atoms with van der Waals surface area (Å²) >= 11 is 2.88. The van der Waals surface area contributed by atoms with Gasteiger partial charge in [0.2, 0.25) is 0 Å². The van der Waals surface area contributed by atoms with E-state index in [2.05, 4.69) is 10.6 Å². The lowest BCUT2D eigenvalue weighted by Crippen LogP contribution is -2.42. The Morgan fingerprint density at radius 2 is 1.09 bits per heavy atom. The van der Waals surface area contributed by atoms with Gasteiger partial charge in [-0.1, -0.05) is 23.5 Å². The van der Waals surface area contributed by atoms with Gasteiger partial charge in [-0.2, -0.15) is 0 Å². The van der Waals surface area contributed by atoms with Crippen LogP contribution in [0.2, 0.25) is 0 Å². The zero-order valence-electron chi connectivity index (χ0n) is 32.1. The van der Waals surface area contributed by atoms with Crippen molar-refractivity contribution in [3.63, 3.8) is 0 Å². The third kappa shape index (κ3) is 9.61. The summed E-state index contributed by atoms with van der Waals surface area (Å²) in [6, 6.07) is 9.10. The molecule has 2 aromatic carbocycles. The van der Waals surface area contributed by atoms with Crippen LogP contribution in [-0.2, 0) is 30.0 Å². The molecule has 54 heavy (non-hydrogen) atoms. The number of carbonyl (C=O) groups excluding carboxylic acids is 2. The van der Waals surface area contributed by atoms with Crippen molar-refractivity contribution in [1.29, 1.82) is 0 Å². The predicted molar refractivity (Wildman–Crippen MR) is 211 cm³/mol. The Hall–Kier alpha value is -3.60. The maximum atomic E-state index is 14.7. The molecule has 12 nitrogen and oxygen atoms in total. The summed E-state index contributed by atoms with van der Waals surface area (Å²) in [7, 11) is 3.31. The number of rotatable bonds is 4. The van der Waals surface area contributed by atoms with E-state index in [9.17, 15) is 18.4 Å². The molecule has 16 heteroatoms. The van der Waals surface area contributed by atoms with E-state index in [-0.39, 0.29) is 35.7 Å². The Balaban J connectivity index is 0.000000208. The molecule has 0 radical (unpaired) electrons. The van der Waals surface area contributed by atoms with Crippen molar-refractivity contribution in [2.24, 2.45) is 21.8 Å². The van der Waals surface area contributed by atoms with E-state index < -0.39 is 34.5 Å². The molecular formula is C38H52F2N6O6S2. The highest BCUT2D eigenvalue weighted by Crippen LogP contribution is 2.54. The molecule has 0 spiro atoms. The average molecular weight is 791 g/mol. The van der Waals surface area contributed by atoms with Gasteiger partial charge in [0.05, 0.1) is 23.3 Å². The number of amides is 2. The fourth-order valence-corrected chi connectivity index (χ4v) is 9.80. The highest BCUT2D eigenvalue weighted by atomic mass is 32.2. The lowest BCUT2D eigenvalue weighted by Gasteiger charge is -2.36. The molecule has 6 atom stereocenters. The summed E-state index contributed by atoms with van der Waals surface area (Å²) in [5, 5.41) is 6.27. The first-order valence-corrected chi connectivity index (χ1v) is 19.8. The van der Waals surface area contributed by atoms with Gasteiger partial charge in [-0.3, -0.25) is 20.6 Å². The number of hydrogen-bond donors (Lipinski definition) is 4. The summed E-state index contributed by atoms with van der Waals surface area (Å²) < 4.78 is 51.2. The Kier molecular flexibility index (Phi) is 12.5. The molecule has 2 aromatic rings. The van der Waals surface area contributed by atoms with Crippen LogP contribution in [0.25, 0.3) is 0 Å². The molecule has 2 saturated carbocycles. The van der Waals surface area contributed by atoms with Crippen LogP contribution in [0.5, 0.6) is 0 Å². The number of alkyl carbamates (subject to hydrolysis) is 2. The van der Waals surface area contributed by atoms with Crippen LogP contribution in [-0.4, -0.2) is 71.7 Å². The lowest BCUT2D eigenvalue weighted by atomic mass is 9.81. The first-order valence-electron chi connectivity index (χ1n) is 17.9. The van der Waals surface area contributed by atoms with Crippen LogP contribution in [0.1, 0.15) is 78.4 Å². The predicted octanol–water partition coefficient (Wildman–Crippen LogP) is 7.31. The van der Waals surface area contributed by atoms with Crippen molar-refractivity contribution in [1.82, 2.24) is 10.6 Å². The summed E-state index contributed by atoms with van der Waals surface area (Å²) in [6.07, 6.45) is 1.43. The van der Waals surface area contributed by atoms with Gasteiger partial charge >= 0.3 is 12.2 Å². The van der Waals surface area contributed by atoms with Crippen LogP contribution in [0.15, 0.2) is 46.4 Å². The second-order valence-corrected chi connectivity index (χ2v) is 18.0. The van der Waals surface area contributed by atoms with Crippen LogP contribution in [0, 0.1) is 23.5 Å². The number of nitrogen functional groups attached to an aromatic ring is 2. The summed E-state index contributed by atoms with van der Waals surface area (Å²) in [6.45, 7) is 10.8. The van der Waals surface area contributed by atoms with E-state index in [4.69, 9.17) is 40.4 Å². The zero-order valence-corrected chi connectivity index (χ0v) is 33.7. The number of nitrogens with two attached hydrogens (primary N) is 2. The third-order valence-electron chi connectivity index (χ3n) is 9.76. The molecule has 2 aliphatic heterocycles. The molecule has 296 valence electrons. The molecule has 0 saturated heterocycles. The smallest absolute Gasteiger partial charge is 0.413 e. The normalized spacial score (nSPS) is 27.7. The maximum absolute atomic E-state index is 14.7. The SMILES string of the molecule is CO[C@@H]1C[C@@H]2CSC(NC(=O)OC(C)(C)C)=N[C@]2(c2cc(N)ccc2F)C1.CO[C@H]1C[C@H]2CSC(NC(=O)OC(C)(C)C)=N[C@@]2(c2cc(N)ccc2F)C1. The van der Waals surface area contributed by atoms with E-state index >= 15 is 0 Å². The standard InChI is InChI=1S/2C19H26FN3O3S/c2*1-18(2,3)26-17(24)22-16-23-19(14-8-12(21)5-6-15(14)20)9-13(25-4)7-11(19)10-27-16/h2*5-6,8,11,13H,7,9-10,21H2,1-4H3,(H,22,23,24)/t2*11-,13-,19-/m10/s1. The van der Waals surface area contributed by atoms with Gasteiger partial charge in [0.25, 0.3) is 0 Å². The zero-order chi connectivity index (χ0) is 39.6. The number of benzene rings is 2. The molecule has 2 heterocycles. The minimum Gasteiger partial charge on any atom is -0.444 e. The highest BCUT2D eigenvalue weighted by Gasteiger charge is 2.54. The summed E-state index contributed by atoms with van der Waals surface area (Å²) in [5.74, 6) is 0.878. The average Bonchev–Trinajstić information content (AvgIpc) is 3.64. The van der Waals surface area contributed by atoms with Gasteiger partial charge in [-0.25, -0.2) is 18.4 Å². The van der Waals surface area contributed by atoms with Crippen molar-refractivity contribution in [2.75, 3.05) is 37.2 Å². The molecule has 6 rings (SSSR count). The first kappa shape index (κ1) is 41.6. The Morgan fingerprint density at radius 1 is 0.722 bits per heavy atom. The van der Waals surface area contributed by atoms with Gasteiger partial charge in [0.15, 0.2) is 10.3 Å². The summed E-state index contributed by atoms with van der Waals surface area (Å²) in [4.78, 5) is 33.9. The van der Waals surface area contributed by atoms with Crippen LogP contribution >= 0.6 is 23.5 Å². The van der Waals surface area contributed by atoms with Crippen molar-refractivity contribution >= 4 is 57.4 Å². The monoisotopic (exact) mass is 790 g/mol. The number of halogens is 2. The van der Waals surface area contributed by atoms with Gasteiger partial charge < -0.3 is 30.4 Å². The fourth-order valence-electron chi connectivity index (χ4n) is 7.49. The van der Waals surface area contributed by atoms with Crippen molar-refractivity contribution in [3.8, 4) is 0 Å². The lowest BCUT2D eigenvalue weighted by molar-refractivity contribution is 0.0552. The van der Waals surface area contributed by atoms with E-state index in [0.717, 1.165) is 12.8 Å². The molecule has 0 bridgehead atoms. The van der Waals surface area contributed by atoms with Gasteiger partial charge in [-0.15, -0.1) is 0 Å². The topological polar surface area (TPSA) is 172 Å². The number of aliphatic imine (C=N–C) groups is 2. The van der Waals surface area contributed by atoms with Crippen LogP contribution in [0.4, 0.5) is 29.7 Å². The van der Waals surface area contributed by atoms with E-state index in [1.54, 1.807) is 67.9 Å². The van der Waals surface area contributed by atoms with Crippen LogP contribution < -0.4 is 22.1 Å². The number of anilines is 2. The number of thioether (sulfide) groups is 2. The largest absolute Gasteiger partial charge is 0.444 e. The number of amidine groups is 2. The third-order valence-corrected chi connectivity index (χ3v) is 11.8. The molecule has 2 fully saturated rings. The quantitative estimate of drug-likeness (QED) is 0.230. The van der Waals surface area contributed by atoms with Gasteiger partial charge in [0, 0.05) is 72.9 Å². The minimum atomic E-state index is -0.810. The first-order chi connectivity index (χ1) is 25.3. The number of ether oxygens (including phenoxy) is 4. The number of nitrogens with zero attached hydrogens (tertiary/aromatic N) is 2. The second kappa shape index (κ2) is 16.2. The van der Waals surface area contributed by atoms with E-state index in [0.29, 0.717) is 57.2 Å². The Morgan fingerprint density at radius 3 is 1.43 bits per heavy atom. The Labute approximate surface area is 324 Å². The van der Waals surface area contributed by atoms with Crippen molar-refractivity contribution in [2.45, 2.75) is 102 Å².